The molecule has 1 aliphatic carbocycles. The largest absolute Gasteiger partial charge is 0.0699 e. The third kappa shape index (κ3) is 2.51. The van der Waals surface area contributed by atoms with Gasteiger partial charge in [-0.25, -0.2) is 0 Å². The molecule has 12 heavy (non-hydrogen) atoms. The van der Waals surface area contributed by atoms with Crippen LogP contribution in [0.1, 0.15) is 46.5 Å². The Bertz CT molecular complexity index is 194. The highest BCUT2D eigenvalue weighted by Crippen LogP contribution is 2.25. The first-order valence-corrected chi connectivity index (χ1v) is 5.12. The summed E-state index contributed by atoms with van der Waals surface area (Å²) in [4.78, 5) is 0. The van der Waals surface area contributed by atoms with Crippen molar-refractivity contribution in [1.29, 1.82) is 0 Å². The molecule has 0 spiro atoms. The lowest BCUT2D eigenvalue weighted by Gasteiger charge is -2.16. The normalized spacial score (nSPS) is 17.7. The highest BCUT2D eigenvalue weighted by atomic mass is 14.1. The highest BCUT2D eigenvalue weighted by molar-refractivity contribution is 5.24. The van der Waals surface area contributed by atoms with Gasteiger partial charge in [-0.3, -0.25) is 0 Å². The smallest absolute Gasteiger partial charge is 0.0257 e. The van der Waals surface area contributed by atoms with E-state index < -0.39 is 0 Å². The lowest BCUT2D eigenvalue weighted by molar-refractivity contribution is 0.686. The van der Waals surface area contributed by atoms with E-state index in [4.69, 9.17) is 0 Å². The molecule has 0 heteroatoms. The van der Waals surface area contributed by atoms with Crippen molar-refractivity contribution in [1.82, 2.24) is 0 Å². The van der Waals surface area contributed by atoms with Crippen LogP contribution >= 0.6 is 0 Å². The van der Waals surface area contributed by atoms with Gasteiger partial charge in [-0.05, 0) is 25.2 Å². The fraction of sp³-hybridized carbons (Fsp3) is 0.667. The minimum atomic E-state index is 0.740. The van der Waals surface area contributed by atoms with E-state index in [0.29, 0.717) is 0 Å². The van der Waals surface area contributed by atoms with Gasteiger partial charge in [-0.1, -0.05) is 50.5 Å². The van der Waals surface area contributed by atoms with Crippen molar-refractivity contribution < 1.29 is 0 Å². The third-order valence-corrected chi connectivity index (χ3v) is 2.58. The van der Waals surface area contributed by atoms with Crippen LogP contribution in [-0.4, -0.2) is 0 Å². The van der Waals surface area contributed by atoms with Gasteiger partial charge in [0.05, 0.1) is 0 Å². The second-order valence-electron chi connectivity index (χ2n) is 3.97. The van der Waals surface area contributed by atoms with Crippen LogP contribution in [0.15, 0.2) is 23.3 Å². The van der Waals surface area contributed by atoms with E-state index in [2.05, 4.69) is 32.9 Å². The summed E-state index contributed by atoms with van der Waals surface area (Å²) < 4.78 is 0. The maximum atomic E-state index is 2.34. The lowest BCUT2D eigenvalue weighted by atomic mass is 9.90. The Kier molecular flexibility index (Phi) is 3.58. The predicted octanol–water partition coefficient (Wildman–Crippen LogP) is 4.09. The molecular weight excluding hydrogens is 144 g/mol. The molecule has 0 amide bonds. The van der Waals surface area contributed by atoms with Crippen LogP contribution in [0, 0.1) is 5.92 Å². The molecule has 68 valence electrons. The molecule has 0 heterocycles. The van der Waals surface area contributed by atoms with Gasteiger partial charge in [0, 0.05) is 0 Å². The Hall–Kier alpha value is -0.520. The molecule has 1 rings (SSSR count). The second kappa shape index (κ2) is 4.49. The fourth-order valence-electron chi connectivity index (χ4n) is 1.71. The summed E-state index contributed by atoms with van der Waals surface area (Å²) in [5.74, 6) is 0.740. The minimum absolute atomic E-state index is 0.740. The zero-order chi connectivity index (χ0) is 8.97. The number of allylic oxidation sites excluding steroid dienone is 4. The fourth-order valence-corrected chi connectivity index (χ4v) is 1.71. The first kappa shape index (κ1) is 9.57. The molecule has 0 atom stereocenters. The van der Waals surface area contributed by atoms with Gasteiger partial charge >= 0.3 is 0 Å². The molecule has 0 aliphatic heterocycles. The molecule has 0 saturated heterocycles. The Balaban J connectivity index is 2.54. The Morgan fingerprint density at radius 2 is 2.00 bits per heavy atom. The van der Waals surface area contributed by atoms with Crippen molar-refractivity contribution in [2.24, 2.45) is 5.92 Å². The van der Waals surface area contributed by atoms with E-state index in [0.717, 1.165) is 5.92 Å². The van der Waals surface area contributed by atoms with Crippen LogP contribution in [0.3, 0.4) is 0 Å². The first-order chi connectivity index (χ1) is 5.74. The highest BCUT2D eigenvalue weighted by Gasteiger charge is 2.07. The van der Waals surface area contributed by atoms with Gasteiger partial charge in [0.25, 0.3) is 0 Å². The molecule has 0 N–H and O–H groups in total. The topological polar surface area (TPSA) is 0 Å². The maximum Gasteiger partial charge on any atom is -0.0257 e. The van der Waals surface area contributed by atoms with Gasteiger partial charge < -0.3 is 0 Å². The Morgan fingerprint density at radius 3 is 2.42 bits per heavy atom. The summed E-state index contributed by atoms with van der Waals surface area (Å²) in [5.41, 5.74) is 3.26. The van der Waals surface area contributed by atoms with E-state index in [9.17, 15) is 0 Å². The molecule has 1 aliphatic rings. The van der Waals surface area contributed by atoms with Crippen LogP contribution in [-0.2, 0) is 0 Å². The van der Waals surface area contributed by atoms with Gasteiger partial charge in [-0.15, -0.1) is 0 Å². The average Bonchev–Trinajstić information content (AvgIpc) is 2.06. The molecule has 0 aromatic rings. The van der Waals surface area contributed by atoms with E-state index in [1.165, 1.54) is 25.7 Å². The molecule has 0 radical (unpaired) electrons. The van der Waals surface area contributed by atoms with Crippen LogP contribution < -0.4 is 0 Å². The molecule has 0 saturated carbocycles. The average molecular weight is 164 g/mol. The molecule has 0 aromatic carbocycles. The van der Waals surface area contributed by atoms with Crippen molar-refractivity contribution in [3.05, 3.63) is 23.3 Å². The molecule has 0 unspecified atom stereocenters. The van der Waals surface area contributed by atoms with Crippen LogP contribution in [0.2, 0.25) is 0 Å². The van der Waals surface area contributed by atoms with Crippen molar-refractivity contribution in [2.45, 2.75) is 46.5 Å². The second-order valence-corrected chi connectivity index (χ2v) is 3.97. The molecular formula is C12H20. The summed E-state index contributed by atoms with van der Waals surface area (Å²) >= 11 is 0. The summed E-state index contributed by atoms with van der Waals surface area (Å²) in [6, 6.07) is 0. The zero-order valence-corrected chi connectivity index (χ0v) is 8.56. The predicted molar refractivity (Wildman–Crippen MR) is 55.1 cm³/mol. The van der Waals surface area contributed by atoms with Gasteiger partial charge in [0.1, 0.15) is 0 Å². The summed E-state index contributed by atoms with van der Waals surface area (Å²) in [6.45, 7) is 6.82. The van der Waals surface area contributed by atoms with Crippen molar-refractivity contribution in [3.8, 4) is 0 Å². The van der Waals surface area contributed by atoms with Crippen molar-refractivity contribution in [2.75, 3.05) is 0 Å². The standard InChI is InChI=1S/C12H20/c1-4-5-11-6-8-12(9-7-11)10(2)3/h6,8,10H,4-5,7,9H2,1-3H3. The maximum absolute atomic E-state index is 2.34. The van der Waals surface area contributed by atoms with Crippen molar-refractivity contribution >= 4 is 0 Å². The molecule has 0 bridgehead atoms. The monoisotopic (exact) mass is 164 g/mol. The summed E-state index contributed by atoms with van der Waals surface area (Å²) in [6.07, 6.45) is 9.85. The number of hydrogen-bond donors (Lipinski definition) is 0. The molecule has 0 fully saturated rings. The number of rotatable bonds is 3. The minimum Gasteiger partial charge on any atom is -0.0699 e. The first-order valence-electron chi connectivity index (χ1n) is 5.12. The van der Waals surface area contributed by atoms with Gasteiger partial charge in [-0.2, -0.15) is 0 Å². The van der Waals surface area contributed by atoms with Crippen molar-refractivity contribution in [3.63, 3.8) is 0 Å². The Morgan fingerprint density at radius 1 is 1.25 bits per heavy atom. The summed E-state index contributed by atoms with van der Waals surface area (Å²) in [5, 5.41) is 0. The quantitative estimate of drug-likeness (QED) is 0.589. The Labute approximate surface area is 76.4 Å². The van der Waals surface area contributed by atoms with Crippen LogP contribution in [0.5, 0.6) is 0 Å². The summed E-state index contributed by atoms with van der Waals surface area (Å²) in [7, 11) is 0. The van der Waals surface area contributed by atoms with E-state index in [1.807, 2.05) is 0 Å². The SMILES string of the molecule is CCCC1=CC=C(C(C)C)CC1. The van der Waals surface area contributed by atoms with Gasteiger partial charge in [0.2, 0.25) is 0 Å². The number of hydrogen-bond acceptors (Lipinski definition) is 0. The van der Waals surface area contributed by atoms with E-state index in [-0.39, 0.29) is 0 Å². The van der Waals surface area contributed by atoms with E-state index in [1.54, 1.807) is 11.1 Å². The van der Waals surface area contributed by atoms with E-state index >= 15 is 0 Å². The molecule has 0 aromatic heterocycles. The third-order valence-electron chi connectivity index (χ3n) is 2.58. The lowest BCUT2D eigenvalue weighted by Crippen LogP contribution is -1.99. The van der Waals surface area contributed by atoms with Crippen LogP contribution in [0.4, 0.5) is 0 Å². The molecule has 0 nitrogen and oxygen atoms in total. The zero-order valence-electron chi connectivity index (χ0n) is 8.56. The van der Waals surface area contributed by atoms with Gasteiger partial charge in [0.15, 0.2) is 0 Å². The van der Waals surface area contributed by atoms with Crippen LogP contribution in [0.25, 0.3) is 0 Å².